The minimum Gasteiger partial charge on any atom is -0.493 e. The number of nitrogens with zero attached hydrogens (tertiary/aromatic N) is 2. The van der Waals surface area contributed by atoms with Gasteiger partial charge in [-0.1, -0.05) is 11.6 Å². The van der Waals surface area contributed by atoms with Gasteiger partial charge in [0.1, 0.15) is 0 Å². The van der Waals surface area contributed by atoms with Crippen LogP contribution in [0.2, 0.25) is 5.02 Å². The molecule has 1 aliphatic rings. The Bertz CT molecular complexity index is 900. The van der Waals surface area contributed by atoms with E-state index in [2.05, 4.69) is 27.2 Å². The lowest BCUT2D eigenvalue weighted by Crippen LogP contribution is -2.48. The minimum absolute atomic E-state index is 0.140. The van der Waals surface area contributed by atoms with Gasteiger partial charge in [0.15, 0.2) is 11.5 Å². The highest BCUT2D eigenvalue weighted by Crippen LogP contribution is 2.38. The molecule has 1 saturated heterocycles. The van der Waals surface area contributed by atoms with Crippen molar-refractivity contribution in [3.05, 3.63) is 53.1 Å². The quantitative estimate of drug-likeness (QED) is 0.580. The van der Waals surface area contributed by atoms with Crippen LogP contribution in [0, 0.1) is 0 Å². The number of methoxy groups -OCH3 is 3. The molecule has 0 saturated carbocycles. The van der Waals surface area contributed by atoms with Crippen LogP contribution in [0.4, 0.5) is 5.69 Å². The minimum atomic E-state index is -0.140. The van der Waals surface area contributed by atoms with Crippen molar-refractivity contribution in [3.8, 4) is 17.2 Å². The highest BCUT2D eigenvalue weighted by atomic mass is 35.5. The van der Waals surface area contributed by atoms with Crippen molar-refractivity contribution in [1.29, 1.82) is 0 Å². The molecule has 2 aromatic rings. The third kappa shape index (κ3) is 6.31. The van der Waals surface area contributed by atoms with E-state index in [4.69, 9.17) is 25.8 Å². The number of hydrogen-bond donors (Lipinski definition) is 1. The maximum absolute atomic E-state index is 12.2. The van der Waals surface area contributed by atoms with Gasteiger partial charge in [-0.05, 0) is 48.0 Å². The third-order valence-corrected chi connectivity index (χ3v) is 5.66. The number of carbonyl (C=O) groups is 1. The van der Waals surface area contributed by atoms with E-state index in [0.29, 0.717) is 23.8 Å². The van der Waals surface area contributed by atoms with Crippen LogP contribution in [0.15, 0.2) is 42.5 Å². The van der Waals surface area contributed by atoms with Crippen molar-refractivity contribution in [2.45, 2.75) is 0 Å². The summed E-state index contributed by atoms with van der Waals surface area (Å²) in [7, 11) is 4.68. The normalized spacial score (nSPS) is 14.4. The Balaban J connectivity index is 1.44. The Morgan fingerprint density at radius 2 is 1.62 bits per heavy atom. The van der Waals surface area contributed by atoms with Gasteiger partial charge in [-0.25, -0.2) is 0 Å². The predicted octanol–water partition coefficient (Wildman–Crippen LogP) is 3.32. The highest BCUT2D eigenvalue weighted by Gasteiger charge is 2.17. The molecule has 0 atom stereocenters. The number of carbonyl (C=O) groups excluding carboxylic acids is 1. The molecule has 0 bridgehead atoms. The van der Waals surface area contributed by atoms with Crippen molar-refractivity contribution in [2.24, 2.45) is 0 Å². The van der Waals surface area contributed by atoms with Gasteiger partial charge in [-0.3, -0.25) is 9.69 Å². The molecule has 7 nitrogen and oxygen atoms in total. The fourth-order valence-corrected chi connectivity index (χ4v) is 3.77. The Morgan fingerprint density at radius 3 is 2.19 bits per heavy atom. The molecule has 8 heteroatoms. The number of ether oxygens (including phenoxy) is 3. The van der Waals surface area contributed by atoms with Crippen molar-refractivity contribution in [2.75, 3.05) is 65.5 Å². The lowest BCUT2D eigenvalue weighted by Gasteiger charge is -2.36. The number of halogens is 1. The number of amides is 1. The summed E-state index contributed by atoms with van der Waals surface area (Å²) in [5.74, 6) is 1.47. The number of hydrogen-bond acceptors (Lipinski definition) is 6. The molecule has 1 amide bonds. The van der Waals surface area contributed by atoms with Crippen LogP contribution in [-0.4, -0.2) is 71.4 Å². The Kier molecular flexibility index (Phi) is 8.64. The van der Waals surface area contributed by atoms with Crippen LogP contribution in [0.1, 0.15) is 5.56 Å². The fourth-order valence-electron chi connectivity index (χ4n) is 3.65. The zero-order chi connectivity index (χ0) is 22.9. The lowest BCUT2D eigenvalue weighted by molar-refractivity contribution is -0.116. The summed E-state index contributed by atoms with van der Waals surface area (Å²) < 4.78 is 16.0. The molecule has 2 aromatic carbocycles. The molecule has 1 fully saturated rings. The van der Waals surface area contributed by atoms with E-state index in [1.165, 1.54) is 11.8 Å². The van der Waals surface area contributed by atoms with E-state index in [-0.39, 0.29) is 5.91 Å². The van der Waals surface area contributed by atoms with Crippen molar-refractivity contribution in [3.63, 3.8) is 0 Å². The second kappa shape index (κ2) is 11.6. The summed E-state index contributed by atoms with van der Waals surface area (Å²) >= 11 is 5.97. The molecule has 1 N–H and O–H groups in total. The molecule has 172 valence electrons. The number of rotatable bonds is 9. The zero-order valence-corrected chi connectivity index (χ0v) is 19.5. The SMILES string of the molecule is COc1cc(/C=C/C(=O)NCCN2CCN(c3ccc(Cl)cc3)CC2)cc(OC)c1OC. The summed E-state index contributed by atoms with van der Waals surface area (Å²) in [6.45, 7) is 5.24. The first-order valence-corrected chi connectivity index (χ1v) is 10.9. The van der Waals surface area contributed by atoms with Crippen LogP contribution >= 0.6 is 11.6 Å². The molecular formula is C24H30ClN3O4. The van der Waals surface area contributed by atoms with Crippen molar-refractivity contribution < 1.29 is 19.0 Å². The maximum Gasteiger partial charge on any atom is 0.244 e. The largest absolute Gasteiger partial charge is 0.493 e. The van der Waals surface area contributed by atoms with Crippen LogP contribution in [0.3, 0.4) is 0 Å². The number of anilines is 1. The van der Waals surface area contributed by atoms with Gasteiger partial charge in [0.2, 0.25) is 11.7 Å². The van der Waals surface area contributed by atoms with E-state index in [9.17, 15) is 4.79 Å². The van der Waals surface area contributed by atoms with Gasteiger partial charge in [-0.2, -0.15) is 0 Å². The molecule has 0 unspecified atom stereocenters. The average molecular weight is 460 g/mol. The average Bonchev–Trinajstić information content (AvgIpc) is 2.83. The number of piperazine rings is 1. The molecule has 1 heterocycles. The van der Waals surface area contributed by atoms with Gasteiger partial charge in [0.25, 0.3) is 0 Å². The molecule has 32 heavy (non-hydrogen) atoms. The second-order valence-corrected chi connectivity index (χ2v) is 7.82. The predicted molar refractivity (Wildman–Crippen MR) is 128 cm³/mol. The summed E-state index contributed by atoms with van der Waals surface area (Å²) in [5.41, 5.74) is 1.98. The molecule has 0 spiro atoms. The first kappa shape index (κ1) is 23.8. The summed E-state index contributed by atoms with van der Waals surface area (Å²) in [5, 5.41) is 3.70. The molecule has 0 aromatic heterocycles. The van der Waals surface area contributed by atoms with Gasteiger partial charge in [0.05, 0.1) is 21.3 Å². The third-order valence-electron chi connectivity index (χ3n) is 5.41. The van der Waals surface area contributed by atoms with Gasteiger partial charge < -0.3 is 24.4 Å². The van der Waals surface area contributed by atoms with E-state index < -0.39 is 0 Å². The standard InChI is InChI=1S/C24H30ClN3O4/c1-30-21-16-18(17-22(31-2)24(21)32-3)4-9-23(29)26-10-11-27-12-14-28(15-13-27)20-7-5-19(25)6-8-20/h4-9,16-17H,10-15H2,1-3H3,(H,26,29)/b9-4+. The first-order valence-electron chi connectivity index (χ1n) is 10.5. The van der Waals surface area contributed by atoms with Gasteiger partial charge in [0, 0.05) is 56.1 Å². The Hall–Kier alpha value is -2.90. The maximum atomic E-state index is 12.2. The lowest BCUT2D eigenvalue weighted by atomic mass is 10.1. The molecule has 0 aliphatic carbocycles. The van der Waals surface area contributed by atoms with Gasteiger partial charge >= 0.3 is 0 Å². The van der Waals surface area contributed by atoms with Crippen molar-refractivity contribution in [1.82, 2.24) is 10.2 Å². The van der Waals surface area contributed by atoms with E-state index in [1.807, 2.05) is 12.1 Å². The second-order valence-electron chi connectivity index (χ2n) is 7.39. The monoisotopic (exact) mass is 459 g/mol. The molecule has 1 aliphatic heterocycles. The smallest absolute Gasteiger partial charge is 0.244 e. The number of benzene rings is 2. The fraction of sp³-hybridized carbons (Fsp3) is 0.375. The molecule has 3 rings (SSSR count). The molecular weight excluding hydrogens is 430 g/mol. The van der Waals surface area contributed by atoms with Crippen LogP contribution < -0.4 is 24.4 Å². The van der Waals surface area contributed by atoms with E-state index in [1.54, 1.807) is 39.5 Å². The van der Waals surface area contributed by atoms with E-state index in [0.717, 1.165) is 43.3 Å². The van der Waals surface area contributed by atoms with Crippen molar-refractivity contribution >= 4 is 29.3 Å². The highest BCUT2D eigenvalue weighted by molar-refractivity contribution is 6.30. The first-order chi connectivity index (χ1) is 15.5. The Morgan fingerprint density at radius 1 is 1.00 bits per heavy atom. The topological polar surface area (TPSA) is 63.3 Å². The number of nitrogens with one attached hydrogen (secondary N) is 1. The summed E-state index contributed by atoms with van der Waals surface area (Å²) in [6.07, 6.45) is 3.24. The molecule has 0 radical (unpaired) electrons. The van der Waals surface area contributed by atoms with Crippen LogP contribution in [-0.2, 0) is 4.79 Å². The van der Waals surface area contributed by atoms with E-state index >= 15 is 0 Å². The van der Waals surface area contributed by atoms with Crippen LogP contribution in [0.5, 0.6) is 17.2 Å². The summed E-state index contributed by atoms with van der Waals surface area (Å²) in [4.78, 5) is 16.9. The summed E-state index contributed by atoms with van der Waals surface area (Å²) in [6, 6.07) is 11.5. The zero-order valence-electron chi connectivity index (χ0n) is 18.8. The van der Waals surface area contributed by atoms with Crippen LogP contribution in [0.25, 0.3) is 6.08 Å². The Labute approximate surface area is 194 Å². The van der Waals surface area contributed by atoms with Gasteiger partial charge in [-0.15, -0.1) is 0 Å².